The van der Waals surface area contributed by atoms with Gasteiger partial charge in [-0.2, -0.15) is 13.2 Å². The molecule has 0 aromatic heterocycles. The zero-order valence-corrected chi connectivity index (χ0v) is 15.4. The van der Waals surface area contributed by atoms with Crippen LogP contribution in [0.25, 0.3) is 21.9 Å². The molecule has 0 bridgehead atoms. The van der Waals surface area contributed by atoms with E-state index in [-0.39, 0.29) is 12.4 Å². The fourth-order valence-corrected chi connectivity index (χ4v) is 2.89. The van der Waals surface area contributed by atoms with Crippen LogP contribution in [0.15, 0.2) is 43.0 Å². The fourth-order valence-electron chi connectivity index (χ4n) is 2.89. The molecule has 0 aliphatic carbocycles. The van der Waals surface area contributed by atoms with Crippen LogP contribution in [0.3, 0.4) is 0 Å². The number of fused-ring (bicyclic) bond motifs is 1. The lowest BCUT2D eigenvalue weighted by Gasteiger charge is -2.14. The molecule has 31 heavy (non-hydrogen) atoms. The van der Waals surface area contributed by atoms with E-state index in [9.17, 15) is 35.1 Å². The first-order valence-corrected chi connectivity index (χ1v) is 8.55. The Morgan fingerprint density at radius 2 is 1.45 bits per heavy atom. The minimum absolute atomic E-state index is 0.0277. The highest BCUT2D eigenvalue weighted by Crippen LogP contribution is 2.37. The highest BCUT2D eigenvalue weighted by Gasteiger charge is 2.30. The van der Waals surface area contributed by atoms with Crippen LogP contribution in [0.2, 0.25) is 0 Å². The Hall–Kier alpha value is -3.30. The summed E-state index contributed by atoms with van der Waals surface area (Å²) >= 11 is 0. The molecule has 0 spiro atoms. The van der Waals surface area contributed by atoms with Crippen LogP contribution in [0.1, 0.15) is 0 Å². The van der Waals surface area contributed by atoms with Crippen molar-refractivity contribution in [2.75, 3.05) is 13.2 Å². The molecule has 3 aromatic carbocycles. The van der Waals surface area contributed by atoms with Crippen molar-refractivity contribution < 1.29 is 44.6 Å². The Kier molecular flexibility index (Phi) is 6.10. The molecule has 10 heteroatoms. The normalized spacial score (nSPS) is 11.6. The van der Waals surface area contributed by atoms with Gasteiger partial charge in [0.2, 0.25) is 0 Å². The Balaban J connectivity index is 2.10. The summed E-state index contributed by atoms with van der Waals surface area (Å²) in [7, 11) is 0. The average molecular weight is 448 g/mol. The molecule has 2 nitrogen and oxygen atoms in total. The van der Waals surface area contributed by atoms with Gasteiger partial charge in [-0.25, -0.2) is 22.0 Å². The maximum atomic E-state index is 14.6. The highest BCUT2D eigenvalue weighted by molar-refractivity contribution is 5.90. The second kappa shape index (κ2) is 8.44. The van der Waals surface area contributed by atoms with Gasteiger partial charge in [-0.3, -0.25) is 0 Å². The molecule has 3 rings (SSSR count). The van der Waals surface area contributed by atoms with Gasteiger partial charge < -0.3 is 9.47 Å². The maximum Gasteiger partial charge on any atom is 0.422 e. The Bertz CT molecular complexity index is 1130. The molecule has 0 fully saturated rings. The fraction of sp³-hybridized carbons (Fsp3) is 0.143. The number of ether oxygens (including phenoxy) is 2. The molecule has 0 saturated heterocycles. The topological polar surface area (TPSA) is 18.5 Å². The second-order valence-corrected chi connectivity index (χ2v) is 6.32. The van der Waals surface area contributed by atoms with Crippen LogP contribution in [0, 0.1) is 29.1 Å². The van der Waals surface area contributed by atoms with Gasteiger partial charge in [-0.1, -0.05) is 12.7 Å². The minimum Gasteiger partial charge on any atom is -0.489 e. The van der Waals surface area contributed by atoms with Crippen LogP contribution < -0.4 is 9.47 Å². The molecule has 164 valence electrons. The Labute approximate surface area is 170 Å². The van der Waals surface area contributed by atoms with Gasteiger partial charge >= 0.3 is 6.18 Å². The van der Waals surface area contributed by atoms with Crippen LogP contribution in [-0.2, 0) is 0 Å². The van der Waals surface area contributed by atoms with Crippen molar-refractivity contribution in [3.05, 3.63) is 72.1 Å². The van der Waals surface area contributed by atoms with Crippen molar-refractivity contribution in [3.8, 4) is 22.6 Å². The van der Waals surface area contributed by atoms with Gasteiger partial charge in [0.15, 0.2) is 24.0 Å². The number of halogens is 8. The van der Waals surface area contributed by atoms with Gasteiger partial charge in [-0.15, -0.1) is 0 Å². The summed E-state index contributed by atoms with van der Waals surface area (Å²) in [5, 5.41) is -1.37. The van der Waals surface area contributed by atoms with E-state index in [4.69, 9.17) is 4.74 Å². The van der Waals surface area contributed by atoms with Crippen molar-refractivity contribution >= 4 is 10.8 Å². The molecule has 0 unspecified atom stereocenters. The van der Waals surface area contributed by atoms with E-state index in [1.807, 2.05) is 0 Å². The predicted molar refractivity (Wildman–Crippen MR) is 96.4 cm³/mol. The molecule has 0 radical (unpaired) electrons. The van der Waals surface area contributed by atoms with Crippen molar-refractivity contribution in [3.63, 3.8) is 0 Å². The zero-order valence-electron chi connectivity index (χ0n) is 15.4. The third-order valence-corrected chi connectivity index (χ3v) is 4.09. The maximum absolute atomic E-state index is 14.6. The third-order valence-electron chi connectivity index (χ3n) is 4.09. The lowest BCUT2D eigenvalue weighted by Crippen LogP contribution is -2.20. The van der Waals surface area contributed by atoms with Crippen molar-refractivity contribution in [1.82, 2.24) is 0 Å². The average Bonchev–Trinajstić information content (AvgIpc) is 2.64. The standard InChI is InChI=1S/C21H12F8O2/c1-2-3-30-12-7-14(23)17(15(24)8-12)10-4-11-6-16(25)20(31-9-21(27,28)29)19(26)18(11)13(22)5-10/h2,4-8H,1,3,9H2. The molecule has 0 atom stereocenters. The number of hydrogen-bond donors (Lipinski definition) is 0. The third kappa shape index (κ3) is 4.73. The summed E-state index contributed by atoms with van der Waals surface area (Å²) in [6.07, 6.45) is -3.54. The monoisotopic (exact) mass is 448 g/mol. The summed E-state index contributed by atoms with van der Waals surface area (Å²) < 4.78 is 118. The first-order chi connectivity index (χ1) is 14.5. The predicted octanol–water partition coefficient (Wildman–Crippen LogP) is 6.71. The van der Waals surface area contributed by atoms with Gasteiger partial charge in [0.1, 0.15) is 29.8 Å². The van der Waals surface area contributed by atoms with Crippen LogP contribution >= 0.6 is 0 Å². The summed E-state index contributed by atoms with van der Waals surface area (Å²) in [6.45, 7) is 1.36. The van der Waals surface area contributed by atoms with Crippen molar-refractivity contribution in [2.45, 2.75) is 6.18 Å². The number of benzene rings is 3. The molecule has 0 aliphatic heterocycles. The zero-order chi connectivity index (χ0) is 22.9. The van der Waals surface area contributed by atoms with E-state index in [1.54, 1.807) is 0 Å². The van der Waals surface area contributed by atoms with E-state index < -0.39 is 69.5 Å². The second-order valence-electron chi connectivity index (χ2n) is 6.32. The quantitative estimate of drug-likeness (QED) is 0.308. The number of hydrogen-bond acceptors (Lipinski definition) is 2. The summed E-state index contributed by atoms with van der Waals surface area (Å²) in [5.41, 5.74) is -1.08. The first kappa shape index (κ1) is 22.4. The summed E-state index contributed by atoms with van der Waals surface area (Å²) in [4.78, 5) is 0. The Morgan fingerprint density at radius 1 is 0.806 bits per heavy atom. The van der Waals surface area contributed by atoms with Crippen molar-refractivity contribution in [2.24, 2.45) is 0 Å². The number of rotatable bonds is 6. The molecular formula is C21H12F8O2. The minimum atomic E-state index is -4.88. The molecule has 0 N–H and O–H groups in total. The van der Waals surface area contributed by atoms with Gasteiger partial charge in [0, 0.05) is 12.1 Å². The molecular weight excluding hydrogens is 436 g/mol. The van der Waals surface area contributed by atoms with Gasteiger partial charge in [-0.05, 0) is 29.1 Å². The van der Waals surface area contributed by atoms with Gasteiger partial charge in [0.05, 0.1) is 10.9 Å². The molecule has 0 aliphatic rings. The largest absolute Gasteiger partial charge is 0.489 e. The molecule has 0 heterocycles. The van der Waals surface area contributed by atoms with E-state index in [0.717, 1.165) is 18.2 Å². The van der Waals surface area contributed by atoms with E-state index in [1.165, 1.54) is 6.08 Å². The first-order valence-electron chi connectivity index (χ1n) is 8.55. The Morgan fingerprint density at radius 3 is 2.03 bits per heavy atom. The molecule has 0 saturated carbocycles. The smallest absolute Gasteiger partial charge is 0.422 e. The SMILES string of the molecule is C=CCOc1cc(F)c(-c2cc(F)c3c(F)c(OCC(F)(F)F)c(F)cc3c2)c(F)c1. The van der Waals surface area contributed by atoms with E-state index in [2.05, 4.69) is 11.3 Å². The van der Waals surface area contributed by atoms with Crippen LogP contribution in [0.4, 0.5) is 35.1 Å². The number of alkyl halides is 3. The summed E-state index contributed by atoms with van der Waals surface area (Å²) in [6, 6.07) is 3.64. The van der Waals surface area contributed by atoms with Crippen LogP contribution in [-0.4, -0.2) is 19.4 Å². The van der Waals surface area contributed by atoms with E-state index >= 15 is 0 Å². The molecule has 3 aromatic rings. The van der Waals surface area contributed by atoms with E-state index in [0.29, 0.717) is 12.1 Å². The van der Waals surface area contributed by atoms with Crippen LogP contribution in [0.5, 0.6) is 11.5 Å². The van der Waals surface area contributed by atoms with Crippen molar-refractivity contribution in [1.29, 1.82) is 0 Å². The lowest BCUT2D eigenvalue weighted by molar-refractivity contribution is -0.154. The molecule has 0 amide bonds. The highest BCUT2D eigenvalue weighted by atomic mass is 19.4. The lowest BCUT2D eigenvalue weighted by atomic mass is 9.99. The van der Waals surface area contributed by atoms with Gasteiger partial charge in [0.25, 0.3) is 0 Å². The summed E-state index contributed by atoms with van der Waals surface area (Å²) in [5.74, 6) is -8.49.